The lowest BCUT2D eigenvalue weighted by molar-refractivity contribution is 0.111. The Morgan fingerprint density at radius 1 is 1.36 bits per heavy atom. The van der Waals surface area contributed by atoms with Crippen molar-refractivity contribution in [1.29, 1.82) is 0 Å². The Morgan fingerprint density at radius 2 is 2.14 bits per heavy atom. The second-order valence-corrected chi connectivity index (χ2v) is 2.71. The van der Waals surface area contributed by atoms with Gasteiger partial charge in [0, 0.05) is 6.07 Å². The molecule has 1 aromatic heterocycles. The summed E-state index contributed by atoms with van der Waals surface area (Å²) in [6, 6.07) is 7.53. The number of hydrogen-bond acceptors (Lipinski definition) is 3. The van der Waals surface area contributed by atoms with Crippen LogP contribution >= 0.6 is 0 Å². The van der Waals surface area contributed by atoms with E-state index in [0.29, 0.717) is 11.8 Å². The molecule has 0 amide bonds. The fraction of sp³-hybridized carbons (Fsp3) is 0. The largest absolute Gasteiger partial charge is 0.355 e. The van der Waals surface area contributed by atoms with Gasteiger partial charge in [-0.25, -0.2) is 4.39 Å². The Hall–Kier alpha value is -1.97. The zero-order chi connectivity index (χ0) is 9.97. The highest BCUT2D eigenvalue weighted by atomic mass is 19.1. The highest BCUT2D eigenvalue weighted by Crippen LogP contribution is 2.22. The first-order chi connectivity index (χ1) is 6.81. The number of carbonyl (C=O) groups excluding carboxylic acids is 1. The maximum Gasteiger partial charge on any atom is 0.171 e. The third kappa shape index (κ3) is 1.42. The van der Waals surface area contributed by atoms with Crippen molar-refractivity contribution in [3.8, 4) is 11.3 Å². The van der Waals surface area contributed by atoms with Gasteiger partial charge in [-0.3, -0.25) is 4.79 Å². The molecule has 3 nitrogen and oxygen atoms in total. The molecule has 0 unspecified atom stereocenters. The molecule has 2 rings (SSSR count). The van der Waals surface area contributed by atoms with Crippen molar-refractivity contribution in [1.82, 2.24) is 5.16 Å². The van der Waals surface area contributed by atoms with Crippen LogP contribution in [0.1, 0.15) is 10.5 Å². The molecule has 0 aliphatic heterocycles. The summed E-state index contributed by atoms with van der Waals surface area (Å²) in [5, 5.41) is 3.44. The molecule has 2 aromatic rings. The lowest BCUT2D eigenvalue weighted by Crippen LogP contribution is -1.80. The number of aldehydes is 1. The van der Waals surface area contributed by atoms with Gasteiger partial charge in [0.05, 0.1) is 5.56 Å². The van der Waals surface area contributed by atoms with Crippen LogP contribution in [0.15, 0.2) is 34.9 Å². The summed E-state index contributed by atoms with van der Waals surface area (Å²) in [5.74, 6) is -0.147. The summed E-state index contributed by atoms with van der Waals surface area (Å²) in [6.45, 7) is 0. The predicted molar refractivity (Wildman–Crippen MR) is 47.3 cm³/mol. The van der Waals surface area contributed by atoms with E-state index in [2.05, 4.69) is 5.16 Å². The molecular formula is C10H6FNO2. The van der Waals surface area contributed by atoms with Crippen LogP contribution in [-0.2, 0) is 0 Å². The van der Waals surface area contributed by atoms with E-state index in [1.165, 1.54) is 12.1 Å². The maximum atomic E-state index is 13.2. The molecule has 0 spiro atoms. The third-order valence-corrected chi connectivity index (χ3v) is 1.79. The minimum Gasteiger partial charge on any atom is -0.355 e. The average Bonchev–Trinajstić information content (AvgIpc) is 2.67. The van der Waals surface area contributed by atoms with Crippen molar-refractivity contribution >= 4 is 6.29 Å². The van der Waals surface area contributed by atoms with E-state index in [0.717, 1.165) is 0 Å². The molecule has 0 bridgehead atoms. The van der Waals surface area contributed by atoms with Crippen LogP contribution in [0.25, 0.3) is 11.3 Å². The third-order valence-electron chi connectivity index (χ3n) is 1.79. The molecule has 0 fully saturated rings. The molecule has 0 radical (unpaired) electrons. The first-order valence-corrected chi connectivity index (χ1v) is 3.98. The number of carbonyl (C=O) groups is 1. The molecule has 14 heavy (non-hydrogen) atoms. The number of hydrogen-bond donors (Lipinski definition) is 0. The molecular weight excluding hydrogens is 185 g/mol. The van der Waals surface area contributed by atoms with E-state index < -0.39 is 5.82 Å². The Morgan fingerprint density at radius 3 is 2.79 bits per heavy atom. The smallest absolute Gasteiger partial charge is 0.171 e. The van der Waals surface area contributed by atoms with Crippen molar-refractivity contribution < 1.29 is 13.7 Å². The van der Waals surface area contributed by atoms with Crippen LogP contribution < -0.4 is 0 Å². The van der Waals surface area contributed by atoms with E-state index in [1.54, 1.807) is 18.2 Å². The molecule has 70 valence electrons. The Balaban J connectivity index is 2.49. The molecule has 0 atom stereocenters. The van der Waals surface area contributed by atoms with Gasteiger partial charge < -0.3 is 4.52 Å². The molecule has 1 aromatic carbocycles. The summed E-state index contributed by atoms with van der Waals surface area (Å²) in [5.41, 5.74) is 0.455. The van der Waals surface area contributed by atoms with Gasteiger partial charge in [-0.2, -0.15) is 0 Å². The van der Waals surface area contributed by atoms with Crippen LogP contribution in [0.3, 0.4) is 0 Å². The summed E-state index contributed by atoms with van der Waals surface area (Å²) < 4.78 is 18.0. The molecule has 0 aliphatic rings. The minimum atomic E-state index is -0.402. The first kappa shape index (κ1) is 8.62. The summed E-state index contributed by atoms with van der Waals surface area (Å²) >= 11 is 0. The molecule has 0 saturated heterocycles. The van der Waals surface area contributed by atoms with Gasteiger partial charge in [-0.1, -0.05) is 17.3 Å². The van der Waals surface area contributed by atoms with E-state index in [9.17, 15) is 9.18 Å². The topological polar surface area (TPSA) is 43.1 Å². The minimum absolute atomic E-state index is 0.156. The van der Waals surface area contributed by atoms with Crippen LogP contribution in [0.5, 0.6) is 0 Å². The predicted octanol–water partition coefficient (Wildman–Crippen LogP) is 2.29. The van der Waals surface area contributed by atoms with Crippen LogP contribution in [0.2, 0.25) is 0 Å². The van der Waals surface area contributed by atoms with Crippen molar-refractivity contribution in [3.63, 3.8) is 0 Å². The SMILES string of the molecule is O=Cc1cc(-c2ccccc2F)on1. The summed E-state index contributed by atoms with van der Waals surface area (Å²) in [7, 11) is 0. The number of nitrogens with zero attached hydrogens (tertiary/aromatic N) is 1. The van der Waals surface area contributed by atoms with Gasteiger partial charge in [0.25, 0.3) is 0 Å². The lowest BCUT2D eigenvalue weighted by Gasteiger charge is -1.95. The quantitative estimate of drug-likeness (QED) is 0.684. The Bertz CT molecular complexity index is 465. The Kier molecular flexibility index (Phi) is 2.10. The molecule has 0 N–H and O–H groups in total. The van der Waals surface area contributed by atoms with Crippen molar-refractivity contribution in [2.75, 3.05) is 0 Å². The van der Waals surface area contributed by atoms with Crippen molar-refractivity contribution in [3.05, 3.63) is 41.8 Å². The zero-order valence-electron chi connectivity index (χ0n) is 7.11. The van der Waals surface area contributed by atoms with E-state index in [4.69, 9.17) is 4.52 Å². The number of benzene rings is 1. The average molecular weight is 191 g/mol. The molecule has 4 heteroatoms. The summed E-state index contributed by atoms with van der Waals surface area (Å²) in [4.78, 5) is 10.3. The monoisotopic (exact) mass is 191 g/mol. The number of halogens is 1. The number of rotatable bonds is 2. The zero-order valence-corrected chi connectivity index (χ0v) is 7.11. The first-order valence-electron chi connectivity index (χ1n) is 3.98. The van der Waals surface area contributed by atoms with Gasteiger partial charge in [0.15, 0.2) is 12.0 Å². The van der Waals surface area contributed by atoms with Crippen LogP contribution in [0.4, 0.5) is 4.39 Å². The normalized spacial score (nSPS) is 10.1. The standard InChI is InChI=1S/C10H6FNO2/c11-9-4-2-1-3-8(9)10-5-7(6-13)12-14-10/h1-6H. The lowest BCUT2D eigenvalue weighted by atomic mass is 10.1. The van der Waals surface area contributed by atoms with Gasteiger partial charge in [0.1, 0.15) is 11.5 Å². The van der Waals surface area contributed by atoms with E-state index >= 15 is 0 Å². The van der Waals surface area contributed by atoms with E-state index in [-0.39, 0.29) is 11.5 Å². The summed E-state index contributed by atoms with van der Waals surface area (Å²) in [6.07, 6.45) is 0.549. The van der Waals surface area contributed by atoms with E-state index in [1.807, 2.05) is 0 Å². The maximum absolute atomic E-state index is 13.2. The van der Waals surface area contributed by atoms with Crippen molar-refractivity contribution in [2.45, 2.75) is 0 Å². The second-order valence-electron chi connectivity index (χ2n) is 2.71. The fourth-order valence-corrected chi connectivity index (χ4v) is 1.13. The Labute approximate surface area is 79.1 Å². The molecule has 0 aliphatic carbocycles. The van der Waals surface area contributed by atoms with Crippen LogP contribution in [-0.4, -0.2) is 11.4 Å². The number of aromatic nitrogens is 1. The van der Waals surface area contributed by atoms with Crippen LogP contribution in [0, 0.1) is 5.82 Å². The highest BCUT2D eigenvalue weighted by Gasteiger charge is 2.09. The second kappa shape index (κ2) is 3.41. The molecule has 1 heterocycles. The van der Waals surface area contributed by atoms with Gasteiger partial charge in [-0.15, -0.1) is 0 Å². The van der Waals surface area contributed by atoms with Gasteiger partial charge in [-0.05, 0) is 12.1 Å². The van der Waals surface area contributed by atoms with Gasteiger partial charge >= 0.3 is 0 Å². The fourth-order valence-electron chi connectivity index (χ4n) is 1.13. The highest BCUT2D eigenvalue weighted by molar-refractivity contribution is 5.74. The van der Waals surface area contributed by atoms with Gasteiger partial charge in [0.2, 0.25) is 0 Å². The molecule has 0 saturated carbocycles. The van der Waals surface area contributed by atoms with Crippen molar-refractivity contribution in [2.24, 2.45) is 0 Å².